The molecule has 27 heavy (non-hydrogen) atoms. The molecule has 0 aliphatic carbocycles. The van der Waals surface area contributed by atoms with Crippen molar-refractivity contribution in [2.24, 2.45) is 0 Å². The van der Waals surface area contributed by atoms with Gasteiger partial charge in [0.25, 0.3) is 0 Å². The molecular weight excluding hydrogens is 332 g/mol. The molecule has 0 N–H and O–H groups in total. The summed E-state index contributed by atoms with van der Waals surface area (Å²) in [5.74, 6) is 0.227. The third-order valence-corrected chi connectivity index (χ3v) is 4.66. The second kappa shape index (κ2) is 7.88. The molecule has 0 spiro atoms. The highest BCUT2D eigenvalue weighted by Crippen LogP contribution is 2.18. The first-order valence-electron chi connectivity index (χ1n) is 9.12. The van der Waals surface area contributed by atoms with Crippen molar-refractivity contribution in [1.82, 2.24) is 0 Å². The average Bonchev–Trinajstić information content (AvgIpc) is 2.73. The Morgan fingerprint density at radius 3 is 2.04 bits per heavy atom. The van der Waals surface area contributed by atoms with Crippen molar-refractivity contribution in [3.05, 3.63) is 114 Å². The molecule has 2 nitrogen and oxygen atoms in total. The Bertz CT molecular complexity index is 1050. The number of para-hydroxylation sites is 1. The molecule has 0 saturated carbocycles. The number of rotatable bonds is 5. The van der Waals surface area contributed by atoms with Crippen molar-refractivity contribution >= 4 is 16.7 Å². The molecule has 0 aliphatic heterocycles. The summed E-state index contributed by atoms with van der Waals surface area (Å²) in [6.07, 6.45) is 1.91. The van der Waals surface area contributed by atoms with E-state index >= 15 is 0 Å². The second-order valence-corrected chi connectivity index (χ2v) is 6.58. The SMILES string of the molecule is O=C(Oc1ccccc1)c1ccc(CCc2ccc3ccccc3c2)cc1. The number of hydrogen-bond donors (Lipinski definition) is 0. The van der Waals surface area contributed by atoms with Crippen LogP contribution in [0.25, 0.3) is 10.8 Å². The largest absolute Gasteiger partial charge is 0.423 e. The molecule has 0 radical (unpaired) electrons. The van der Waals surface area contributed by atoms with Crippen molar-refractivity contribution in [3.63, 3.8) is 0 Å². The van der Waals surface area contributed by atoms with Gasteiger partial charge in [0.05, 0.1) is 5.56 Å². The van der Waals surface area contributed by atoms with Crippen LogP contribution >= 0.6 is 0 Å². The van der Waals surface area contributed by atoms with Gasteiger partial charge in [-0.1, -0.05) is 72.8 Å². The Labute approximate surface area is 159 Å². The van der Waals surface area contributed by atoms with Gasteiger partial charge in [-0.25, -0.2) is 4.79 Å². The van der Waals surface area contributed by atoms with E-state index < -0.39 is 0 Å². The van der Waals surface area contributed by atoms with Crippen LogP contribution in [0.15, 0.2) is 97.1 Å². The molecule has 0 fully saturated rings. The lowest BCUT2D eigenvalue weighted by molar-refractivity contribution is 0.0735. The third-order valence-electron chi connectivity index (χ3n) is 4.66. The number of fused-ring (bicyclic) bond motifs is 1. The van der Waals surface area contributed by atoms with E-state index in [1.54, 1.807) is 12.1 Å². The summed E-state index contributed by atoms with van der Waals surface area (Å²) in [7, 11) is 0. The molecule has 4 rings (SSSR count). The first kappa shape index (κ1) is 17.0. The standard InChI is InChI=1S/C25H20O2/c26-25(27-24-8-2-1-3-9-24)22-16-12-19(13-17-22)10-11-20-14-15-21-6-4-5-7-23(21)18-20/h1-9,12-18H,10-11H2. The van der Waals surface area contributed by atoms with Gasteiger partial charge in [-0.15, -0.1) is 0 Å². The van der Waals surface area contributed by atoms with E-state index in [0.29, 0.717) is 11.3 Å². The van der Waals surface area contributed by atoms with Gasteiger partial charge in [0.15, 0.2) is 0 Å². The molecule has 0 bridgehead atoms. The first-order chi connectivity index (χ1) is 13.3. The van der Waals surface area contributed by atoms with Crippen LogP contribution in [0.5, 0.6) is 5.75 Å². The minimum Gasteiger partial charge on any atom is -0.423 e. The Hall–Kier alpha value is -3.39. The summed E-state index contributed by atoms with van der Waals surface area (Å²) in [6, 6.07) is 31.8. The summed E-state index contributed by atoms with van der Waals surface area (Å²) < 4.78 is 5.37. The van der Waals surface area contributed by atoms with E-state index in [-0.39, 0.29) is 5.97 Å². The van der Waals surface area contributed by atoms with Gasteiger partial charge in [-0.05, 0) is 59.0 Å². The minimum atomic E-state index is -0.331. The van der Waals surface area contributed by atoms with Crippen molar-refractivity contribution in [3.8, 4) is 5.75 Å². The van der Waals surface area contributed by atoms with Gasteiger partial charge in [0.2, 0.25) is 0 Å². The number of hydrogen-bond acceptors (Lipinski definition) is 2. The van der Waals surface area contributed by atoms with Gasteiger partial charge < -0.3 is 4.74 Å². The summed E-state index contributed by atoms with van der Waals surface area (Å²) >= 11 is 0. The summed E-state index contributed by atoms with van der Waals surface area (Å²) in [5.41, 5.74) is 3.09. The van der Waals surface area contributed by atoms with Gasteiger partial charge in [0.1, 0.15) is 5.75 Å². The zero-order chi connectivity index (χ0) is 18.5. The van der Waals surface area contributed by atoms with Crippen LogP contribution in [0.4, 0.5) is 0 Å². The normalized spacial score (nSPS) is 10.7. The molecular formula is C25H20O2. The smallest absolute Gasteiger partial charge is 0.343 e. The van der Waals surface area contributed by atoms with E-state index in [9.17, 15) is 4.79 Å². The zero-order valence-electron chi connectivity index (χ0n) is 15.0. The number of benzene rings is 4. The first-order valence-corrected chi connectivity index (χ1v) is 9.12. The van der Waals surface area contributed by atoms with Crippen LogP contribution in [0.1, 0.15) is 21.5 Å². The van der Waals surface area contributed by atoms with Crippen molar-refractivity contribution < 1.29 is 9.53 Å². The van der Waals surface area contributed by atoms with Crippen molar-refractivity contribution in [2.45, 2.75) is 12.8 Å². The quantitative estimate of drug-likeness (QED) is 0.333. The Morgan fingerprint density at radius 2 is 1.26 bits per heavy atom. The molecule has 0 heterocycles. The minimum absolute atomic E-state index is 0.331. The number of carbonyl (C=O) groups is 1. The highest BCUT2D eigenvalue weighted by molar-refractivity contribution is 5.91. The number of esters is 1. The van der Waals surface area contributed by atoms with E-state index in [1.165, 1.54) is 21.9 Å². The monoisotopic (exact) mass is 352 g/mol. The van der Waals surface area contributed by atoms with Gasteiger partial charge in [0, 0.05) is 0 Å². The topological polar surface area (TPSA) is 26.3 Å². The lowest BCUT2D eigenvalue weighted by Crippen LogP contribution is -2.08. The fraction of sp³-hybridized carbons (Fsp3) is 0.0800. The molecule has 0 unspecified atom stereocenters. The van der Waals surface area contributed by atoms with Crippen LogP contribution in [-0.2, 0) is 12.8 Å². The fourth-order valence-corrected chi connectivity index (χ4v) is 3.14. The maximum atomic E-state index is 12.2. The summed E-state index contributed by atoms with van der Waals surface area (Å²) in [4.78, 5) is 12.2. The fourth-order valence-electron chi connectivity index (χ4n) is 3.14. The highest BCUT2D eigenvalue weighted by Gasteiger charge is 2.08. The molecule has 0 aliphatic rings. The van der Waals surface area contributed by atoms with Crippen LogP contribution < -0.4 is 4.74 Å². The predicted molar refractivity (Wildman–Crippen MR) is 109 cm³/mol. The van der Waals surface area contributed by atoms with Gasteiger partial charge in [-0.3, -0.25) is 0 Å². The third kappa shape index (κ3) is 4.24. The summed E-state index contributed by atoms with van der Waals surface area (Å²) in [5, 5.41) is 2.54. The van der Waals surface area contributed by atoms with E-state index in [1.807, 2.05) is 42.5 Å². The molecule has 4 aromatic rings. The van der Waals surface area contributed by atoms with E-state index in [4.69, 9.17) is 4.74 Å². The number of ether oxygens (including phenoxy) is 1. The summed E-state index contributed by atoms with van der Waals surface area (Å²) in [6.45, 7) is 0. The van der Waals surface area contributed by atoms with Gasteiger partial charge in [-0.2, -0.15) is 0 Å². The molecule has 0 aromatic heterocycles. The van der Waals surface area contributed by atoms with Gasteiger partial charge >= 0.3 is 5.97 Å². The Balaban J connectivity index is 1.39. The highest BCUT2D eigenvalue weighted by atomic mass is 16.5. The Kier molecular flexibility index (Phi) is 4.97. The van der Waals surface area contributed by atoms with Crippen LogP contribution in [0.2, 0.25) is 0 Å². The zero-order valence-corrected chi connectivity index (χ0v) is 15.0. The lowest BCUT2D eigenvalue weighted by atomic mass is 10.0. The van der Waals surface area contributed by atoms with Crippen molar-refractivity contribution in [2.75, 3.05) is 0 Å². The van der Waals surface area contributed by atoms with Crippen LogP contribution in [0.3, 0.4) is 0 Å². The molecule has 4 aromatic carbocycles. The predicted octanol–water partition coefficient (Wildman–Crippen LogP) is 5.84. The maximum Gasteiger partial charge on any atom is 0.343 e. The molecule has 0 saturated heterocycles. The number of aryl methyl sites for hydroxylation is 2. The molecule has 0 amide bonds. The van der Waals surface area contributed by atoms with E-state index in [2.05, 4.69) is 42.5 Å². The van der Waals surface area contributed by atoms with E-state index in [0.717, 1.165) is 12.8 Å². The van der Waals surface area contributed by atoms with Crippen LogP contribution in [-0.4, -0.2) is 5.97 Å². The maximum absolute atomic E-state index is 12.2. The Morgan fingerprint density at radius 1 is 0.630 bits per heavy atom. The van der Waals surface area contributed by atoms with Crippen LogP contribution in [0, 0.1) is 0 Å². The molecule has 2 heteroatoms. The lowest BCUT2D eigenvalue weighted by Gasteiger charge is -2.06. The molecule has 0 atom stereocenters. The second-order valence-electron chi connectivity index (χ2n) is 6.58. The average molecular weight is 352 g/mol. The number of carbonyl (C=O) groups excluding carboxylic acids is 1. The van der Waals surface area contributed by atoms with Crippen molar-refractivity contribution in [1.29, 1.82) is 0 Å². The molecule has 132 valence electrons.